The average Bonchev–Trinajstić information content (AvgIpc) is 3.05. The molecule has 32 heavy (non-hydrogen) atoms. The number of amides is 2. The lowest BCUT2D eigenvalue weighted by atomic mass is 9.97. The maximum absolute atomic E-state index is 13.4. The van der Waals surface area contributed by atoms with Crippen molar-refractivity contribution >= 4 is 17.4 Å². The molecule has 0 aromatic heterocycles. The molecule has 1 unspecified atom stereocenters. The molecule has 0 bridgehead atoms. The van der Waals surface area contributed by atoms with Crippen LogP contribution in [0.25, 0.3) is 5.57 Å². The summed E-state index contributed by atoms with van der Waals surface area (Å²) in [7, 11) is 0. The van der Waals surface area contributed by atoms with Crippen LogP contribution in [0.2, 0.25) is 0 Å². The normalized spacial score (nSPS) is 19.5. The van der Waals surface area contributed by atoms with Gasteiger partial charge in [-0.3, -0.25) is 14.5 Å². The van der Waals surface area contributed by atoms with Crippen LogP contribution in [0, 0.1) is 5.92 Å². The highest BCUT2D eigenvalue weighted by molar-refractivity contribution is 6.35. The van der Waals surface area contributed by atoms with Crippen LogP contribution in [0.5, 0.6) is 5.75 Å². The second-order valence-electron chi connectivity index (χ2n) is 8.77. The second kappa shape index (κ2) is 11.5. The van der Waals surface area contributed by atoms with Crippen LogP contribution in [0.3, 0.4) is 0 Å². The Balaban J connectivity index is 1.87. The number of hydrogen-bond donors (Lipinski definition) is 1. The molecule has 176 valence electrons. The van der Waals surface area contributed by atoms with Crippen LogP contribution in [-0.4, -0.2) is 72.3 Å². The van der Waals surface area contributed by atoms with Crippen LogP contribution >= 0.6 is 0 Å². The molecule has 3 rings (SSSR count). The first kappa shape index (κ1) is 24.3. The van der Waals surface area contributed by atoms with E-state index in [1.807, 2.05) is 49.9 Å². The van der Waals surface area contributed by atoms with E-state index in [-0.39, 0.29) is 30.4 Å². The van der Waals surface area contributed by atoms with Crippen LogP contribution in [0.4, 0.5) is 0 Å². The van der Waals surface area contributed by atoms with Gasteiger partial charge in [0.1, 0.15) is 11.4 Å². The van der Waals surface area contributed by atoms with Crippen LogP contribution in [-0.2, 0) is 14.3 Å². The van der Waals surface area contributed by atoms with E-state index in [1.165, 1.54) is 4.90 Å². The van der Waals surface area contributed by atoms with Crippen molar-refractivity contribution < 1.29 is 24.2 Å². The molecule has 0 aliphatic carbocycles. The molecule has 2 aliphatic heterocycles. The third kappa shape index (κ3) is 5.70. The zero-order valence-electron chi connectivity index (χ0n) is 19.5. The topological polar surface area (TPSA) is 79.3 Å². The number of piperidine rings is 1. The first-order chi connectivity index (χ1) is 15.5. The summed E-state index contributed by atoms with van der Waals surface area (Å²) < 4.78 is 11.3. The van der Waals surface area contributed by atoms with Gasteiger partial charge < -0.3 is 19.5 Å². The molecule has 7 heteroatoms. The van der Waals surface area contributed by atoms with E-state index in [0.717, 1.165) is 25.0 Å². The maximum Gasteiger partial charge on any atom is 0.277 e. The third-order valence-electron chi connectivity index (χ3n) is 5.83. The van der Waals surface area contributed by atoms with Gasteiger partial charge in [-0.1, -0.05) is 19.1 Å². The number of hydrogen-bond acceptors (Lipinski definition) is 6. The van der Waals surface area contributed by atoms with Gasteiger partial charge in [0, 0.05) is 32.8 Å². The number of nitrogens with zero attached hydrogens (tertiary/aromatic N) is 2. The van der Waals surface area contributed by atoms with Gasteiger partial charge in [0.25, 0.3) is 11.8 Å². The van der Waals surface area contributed by atoms with Gasteiger partial charge >= 0.3 is 0 Å². The van der Waals surface area contributed by atoms with Gasteiger partial charge in [-0.15, -0.1) is 0 Å². The Morgan fingerprint density at radius 1 is 1.12 bits per heavy atom. The molecular weight excluding hydrogens is 408 g/mol. The number of carbonyl (C=O) groups is 2. The molecule has 2 aliphatic rings. The molecule has 7 nitrogen and oxygen atoms in total. The van der Waals surface area contributed by atoms with Gasteiger partial charge in [-0.25, -0.2) is 0 Å². The van der Waals surface area contributed by atoms with E-state index in [9.17, 15) is 14.7 Å². The number of likely N-dealkylation sites (tertiary alicyclic amines) is 1. The van der Waals surface area contributed by atoms with E-state index >= 15 is 0 Å². The average molecular weight is 445 g/mol. The Kier molecular flexibility index (Phi) is 8.70. The maximum atomic E-state index is 13.4. The smallest absolute Gasteiger partial charge is 0.277 e. The molecule has 1 saturated heterocycles. The summed E-state index contributed by atoms with van der Waals surface area (Å²) in [6, 6.07) is 7.40. The van der Waals surface area contributed by atoms with Gasteiger partial charge in [-0.05, 0) is 63.1 Å². The van der Waals surface area contributed by atoms with Crippen LogP contribution in [0.1, 0.15) is 52.0 Å². The number of ether oxygens (including phenoxy) is 2. The van der Waals surface area contributed by atoms with Crippen molar-refractivity contribution in [2.24, 2.45) is 5.92 Å². The first-order valence-corrected chi connectivity index (χ1v) is 11.8. The Bertz CT molecular complexity index is 818. The van der Waals surface area contributed by atoms with Crippen molar-refractivity contribution in [2.75, 3.05) is 39.5 Å². The quantitative estimate of drug-likeness (QED) is 0.417. The molecule has 0 radical (unpaired) electrons. The summed E-state index contributed by atoms with van der Waals surface area (Å²) in [5.74, 6) is 0.344. The fourth-order valence-electron chi connectivity index (χ4n) is 4.22. The number of benzene rings is 1. The fourth-order valence-corrected chi connectivity index (χ4v) is 4.22. The minimum Gasteiger partial charge on any atom is -0.494 e. The zero-order chi connectivity index (χ0) is 23.1. The molecule has 1 fully saturated rings. The molecule has 2 heterocycles. The van der Waals surface area contributed by atoms with Crippen LogP contribution < -0.4 is 4.74 Å². The number of aliphatic hydroxyl groups is 1. The predicted octanol–water partition coefficient (Wildman–Crippen LogP) is 3.07. The molecule has 0 saturated carbocycles. The van der Waals surface area contributed by atoms with E-state index in [0.29, 0.717) is 56.1 Å². The van der Waals surface area contributed by atoms with Gasteiger partial charge in [0.2, 0.25) is 0 Å². The lowest BCUT2D eigenvalue weighted by Crippen LogP contribution is -2.41. The first-order valence-electron chi connectivity index (χ1n) is 11.8. The highest BCUT2D eigenvalue weighted by atomic mass is 16.5. The van der Waals surface area contributed by atoms with Crippen molar-refractivity contribution in [3.63, 3.8) is 0 Å². The largest absolute Gasteiger partial charge is 0.494 e. The van der Waals surface area contributed by atoms with E-state index in [2.05, 4.69) is 0 Å². The molecule has 1 aromatic rings. The Labute approximate surface area is 191 Å². The monoisotopic (exact) mass is 444 g/mol. The predicted molar refractivity (Wildman–Crippen MR) is 123 cm³/mol. The van der Waals surface area contributed by atoms with Crippen molar-refractivity contribution in [2.45, 2.75) is 52.6 Å². The minimum absolute atomic E-state index is 0.0843. The number of rotatable bonds is 11. The number of carbonyl (C=O) groups excluding carboxylic acids is 2. The standard InChI is InChI=1S/C25H36N2O5/c1-4-14-32-21-10-8-20(9-11-21)22-23(26-12-5-7-19(16-26)17-28)25(30)27(24(22)29)13-6-15-31-18(2)3/h8-11,18-19,28H,4-7,12-17H2,1-3H3. The Hall–Kier alpha value is -2.38. The van der Waals surface area contributed by atoms with E-state index in [4.69, 9.17) is 9.47 Å². The summed E-state index contributed by atoms with van der Waals surface area (Å²) in [4.78, 5) is 30.2. The molecule has 1 atom stereocenters. The SMILES string of the molecule is CCCOc1ccc(C2=C(N3CCCC(CO)C3)C(=O)N(CCCOC(C)C)C2=O)cc1. The van der Waals surface area contributed by atoms with Crippen molar-refractivity contribution in [3.05, 3.63) is 35.5 Å². The Morgan fingerprint density at radius 2 is 1.88 bits per heavy atom. The minimum atomic E-state index is -0.261. The summed E-state index contributed by atoms with van der Waals surface area (Å²) in [6.07, 6.45) is 3.44. The van der Waals surface area contributed by atoms with Gasteiger partial charge in [0.15, 0.2) is 0 Å². The van der Waals surface area contributed by atoms with E-state index in [1.54, 1.807) is 0 Å². The molecule has 1 N–H and O–H groups in total. The second-order valence-corrected chi connectivity index (χ2v) is 8.77. The van der Waals surface area contributed by atoms with Crippen LogP contribution in [0.15, 0.2) is 30.0 Å². The number of imide groups is 1. The molecule has 2 amide bonds. The Morgan fingerprint density at radius 3 is 2.53 bits per heavy atom. The third-order valence-corrected chi connectivity index (χ3v) is 5.83. The molecular formula is C25H36N2O5. The lowest BCUT2D eigenvalue weighted by molar-refractivity contribution is -0.138. The number of aliphatic hydroxyl groups excluding tert-OH is 1. The lowest BCUT2D eigenvalue weighted by Gasteiger charge is -2.34. The molecule has 1 aromatic carbocycles. The highest BCUT2D eigenvalue weighted by Crippen LogP contribution is 2.34. The summed E-state index contributed by atoms with van der Waals surface area (Å²) in [5, 5.41) is 9.66. The molecule has 0 spiro atoms. The summed E-state index contributed by atoms with van der Waals surface area (Å²) in [5.41, 5.74) is 1.62. The van der Waals surface area contributed by atoms with Gasteiger partial charge in [-0.2, -0.15) is 0 Å². The fraction of sp³-hybridized carbons (Fsp3) is 0.600. The van der Waals surface area contributed by atoms with Crippen molar-refractivity contribution in [3.8, 4) is 5.75 Å². The summed E-state index contributed by atoms with van der Waals surface area (Å²) >= 11 is 0. The zero-order valence-corrected chi connectivity index (χ0v) is 19.5. The van der Waals surface area contributed by atoms with Crippen molar-refractivity contribution in [1.82, 2.24) is 9.80 Å². The van der Waals surface area contributed by atoms with E-state index < -0.39 is 0 Å². The highest BCUT2D eigenvalue weighted by Gasteiger charge is 2.42. The summed E-state index contributed by atoms with van der Waals surface area (Å²) in [6.45, 7) is 8.80. The van der Waals surface area contributed by atoms with Gasteiger partial charge in [0.05, 0.1) is 18.3 Å². The van der Waals surface area contributed by atoms with Crippen molar-refractivity contribution in [1.29, 1.82) is 0 Å².